The van der Waals surface area contributed by atoms with Crippen LogP contribution in [0.4, 0.5) is 17.1 Å². The molecule has 0 atom stereocenters. The monoisotopic (exact) mass is 692 g/mol. The standard InChI is InChI=1S/C46H42N3Si2/c1-50(2,3)33-24-19-30(20-25-33)47(31-21-26-34(27-22-31)51(4,5)6)32-23-28-41-42(29-32)49-40-18-12-10-16-38(40)44-36-14-8-7-13-35(36)43-37-15-9-11-17-39(37)48(41)45(43)46(44)49/h7-29,50H,1-6H3/q-1. The van der Waals surface area contributed by atoms with Gasteiger partial charge in [0.1, 0.15) is 0 Å². The van der Waals surface area contributed by atoms with Gasteiger partial charge >= 0.3 is 248 Å². The van der Waals surface area contributed by atoms with Crippen LogP contribution in [-0.4, -0.2) is 24.9 Å². The number of nitrogens with zero attached hydrogens (tertiary/aromatic N) is 3. The van der Waals surface area contributed by atoms with Crippen molar-refractivity contribution in [3.8, 4) is 0 Å². The molecular formula is C46H42N3Si2-. The maximum atomic E-state index is 2.55. The quantitative estimate of drug-likeness (QED) is 0.129. The number of fused-ring (bicyclic) bond motifs is 12. The zero-order valence-electron chi connectivity index (χ0n) is 30.2. The van der Waals surface area contributed by atoms with Crippen LogP contribution in [0.3, 0.4) is 0 Å². The molecule has 0 bridgehead atoms. The molecule has 250 valence electrons. The van der Waals surface area contributed by atoms with Gasteiger partial charge in [0.15, 0.2) is 0 Å². The van der Waals surface area contributed by atoms with Gasteiger partial charge in [-0.15, -0.1) is 0 Å². The second-order valence-corrected chi connectivity index (χ2v) is 27.6. The molecule has 0 spiro atoms. The fourth-order valence-corrected chi connectivity index (χ4v) is 11.2. The number of rotatable bonds is 5. The molecule has 10 rings (SSSR count). The molecule has 0 amide bonds. The molecule has 5 heteroatoms. The predicted molar refractivity (Wildman–Crippen MR) is 229 cm³/mol. The van der Waals surface area contributed by atoms with Crippen molar-refractivity contribution in [1.29, 1.82) is 0 Å². The second-order valence-electron chi connectivity index (χ2n) is 16.7. The first-order chi connectivity index (χ1) is 24.6. The molecular weight excluding hydrogens is 651 g/mol. The van der Waals surface area contributed by atoms with Crippen molar-refractivity contribution in [1.82, 2.24) is 8.80 Å². The van der Waals surface area contributed by atoms with Gasteiger partial charge < -0.3 is 0 Å². The van der Waals surface area contributed by atoms with Crippen molar-refractivity contribution in [2.75, 3.05) is 4.90 Å². The van der Waals surface area contributed by atoms with Crippen LogP contribution in [0.1, 0.15) is 0 Å². The van der Waals surface area contributed by atoms with Crippen LogP contribution in [-0.2, 0) is 0 Å². The summed E-state index contributed by atoms with van der Waals surface area (Å²) < 4.78 is 5.09. The van der Waals surface area contributed by atoms with Gasteiger partial charge in [0.05, 0.1) is 0 Å². The molecule has 0 aliphatic rings. The summed E-state index contributed by atoms with van der Waals surface area (Å²) in [4.78, 5) is 2.45. The first-order valence-electron chi connectivity index (χ1n) is 18.4. The second kappa shape index (κ2) is 10.6. The van der Waals surface area contributed by atoms with Gasteiger partial charge in [-0.05, 0) is 5.39 Å². The van der Waals surface area contributed by atoms with Gasteiger partial charge in [-0.3, -0.25) is 0 Å². The van der Waals surface area contributed by atoms with Crippen LogP contribution in [0.5, 0.6) is 0 Å². The topological polar surface area (TPSA) is 12.1 Å². The van der Waals surface area contributed by atoms with Crippen LogP contribution in [0, 0.1) is 0 Å². The Labute approximate surface area is 300 Å². The molecule has 7 aromatic carbocycles. The van der Waals surface area contributed by atoms with Gasteiger partial charge in [-0.2, -0.15) is 0 Å². The molecule has 0 saturated carbocycles. The predicted octanol–water partition coefficient (Wildman–Crippen LogP) is 11.7. The molecule has 0 N–H and O–H groups in total. The summed E-state index contributed by atoms with van der Waals surface area (Å²) in [5.41, 5.74) is 11.0. The third kappa shape index (κ3) is 4.35. The molecule has 0 radical (unpaired) electrons. The average Bonchev–Trinajstić information content (AvgIpc) is 3.66. The van der Waals surface area contributed by atoms with Crippen molar-refractivity contribution in [2.24, 2.45) is 0 Å². The van der Waals surface area contributed by atoms with Crippen molar-refractivity contribution in [3.63, 3.8) is 0 Å². The summed E-state index contributed by atoms with van der Waals surface area (Å²) in [5.74, 6) is 0. The normalized spacial score (nSPS) is 13.2. The van der Waals surface area contributed by atoms with E-state index in [1.807, 2.05) is 0 Å². The number of hydrogen-bond donors (Lipinski definition) is 0. The van der Waals surface area contributed by atoms with E-state index >= 15 is 0 Å². The van der Waals surface area contributed by atoms with Crippen LogP contribution in [0.2, 0.25) is 39.3 Å². The van der Waals surface area contributed by atoms with Gasteiger partial charge in [0, 0.05) is 0 Å². The Morgan fingerprint density at radius 1 is 0.451 bits per heavy atom. The minimum atomic E-state index is -1.76. The summed E-state index contributed by atoms with van der Waals surface area (Å²) in [6.07, 6.45) is 0. The van der Waals surface area contributed by atoms with E-state index in [1.54, 1.807) is 0 Å². The van der Waals surface area contributed by atoms with Crippen molar-refractivity contribution in [3.05, 3.63) is 140 Å². The Morgan fingerprint density at radius 3 is 1.41 bits per heavy atom. The molecule has 3 aromatic heterocycles. The number of para-hydroxylation sites is 2. The first-order valence-corrected chi connectivity index (χ1v) is 25.9. The Bertz CT molecular complexity index is 2910. The van der Waals surface area contributed by atoms with Crippen LogP contribution in [0.15, 0.2) is 140 Å². The third-order valence-corrected chi connectivity index (χ3v) is 15.7. The molecule has 0 saturated heterocycles. The third-order valence-electron chi connectivity index (χ3n) is 11.3. The minimum absolute atomic E-state index is 1.15. The maximum absolute atomic E-state index is 2.55. The molecule has 51 heavy (non-hydrogen) atoms. The van der Waals surface area contributed by atoms with Crippen molar-refractivity contribution >= 4 is 109 Å². The molecule has 0 unspecified atom stereocenters. The number of aromatic nitrogens is 2. The fraction of sp³-hybridized carbons (Fsp3) is 0.130. The van der Waals surface area contributed by atoms with Crippen LogP contribution < -0.4 is 15.3 Å². The van der Waals surface area contributed by atoms with Gasteiger partial charge in [-0.1, -0.05) is 48.5 Å². The van der Waals surface area contributed by atoms with E-state index in [4.69, 9.17) is 0 Å². The molecule has 3 nitrogen and oxygen atoms in total. The van der Waals surface area contributed by atoms with E-state index in [0.717, 1.165) is 5.69 Å². The summed E-state index contributed by atoms with van der Waals surface area (Å²) in [7, 11) is -3.22. The van der Waals surface area contributed by atoms with E-state index < -0.39 is 16.1 Å². The molecule has 3 heterocycles. The summed E-state index contributed by atoms with van der Waals surface area (Å²) in [6, 6.07) is 52.8. The van der Waals surface area contributed by atoms with Gasteiger partial charge in [0.2, 0.25) is 0 Å². The number of hydrogen-bond acceptors (Lipinski definition) is 1. The number of benzene rings is 7. The first kappa shape index (κ1) is 30.5. The van der Waals surface area contributed by atoms with E-state index in [9.17, 15) is 0 Å². The van der Waals surface area contributed by atoms with E-state index in [1.165, 1.54) is 87.2 Å². The zero-order chi connectivity index (χ0) is 34.8. The van der Waals surface area contributed by atoms with Crippen LogP contribution >= 0.6 is 0 Å². The van der Waals surface area contributed by atoms with Gasteiger partial charge in [-0.25, -0.2) is 0 Å². The Hall–Kier alpha value is -5.37. The van der Waals surface area contributed by atoms with E-state index in [2.05, 4.69) is 193 Å². The van der Waals surface area contributed by atoms with Crippen molar-refractivity contribution in [2.45, 2.75) is 39.3 Å². The zero-order valence-corrected chi connectivity index (χ0v) is 32.4. The number of anilines is 3. The van der Waals surface area contributed by atoms with Crippen LogP contribution in [0.25, 0.3) is 65.4 Å². The molecule has 0 fully saturated rings. The molecule has 0 aliphatic heterocycles. The Morgan fingerprint density at radius 2 is 0.902 bits per heavy atom. The SMILES string of the molecule is C[Si](C)(C)c1ccc(N(c2ccc([SiH-](C)(C)C)cc2)c2ccc3c(c2)n2c4ccccc4c4c5ccccc5c5c6ccccc6n3c5c42)cc1. The van der Waals surface area contributed by atoms with Crippen molar-refractivity contribution < 1.29 is 0 Å². The van der Waals surface area contributed by atoms with Gasteiger partial charge in [0.25, 0.3) is 0 Å². The average molecular weight is 693 g/mol. The van der Waals surface area contributed by atoms with E-state index in [-0.39, 0.29) is 0 Å². The summed E-state index contributed by atoms with van der Waals surface area (Å²) in [6.45, 7) is 14.6. The summed E-state index contributed by atoms with van der Waals surface area (Å²) >= 11 is 0. The Kier molecular flexibility index (Phi) is 6.32. The molecule has 0 aliphatic carbocycles. The Balaban J connectivity index is 1.34. The van der Waals surface area contributed by atoms with E-state index in [0.29, 0.717) is 0 Å². The molecule has 10 aromatic rings. The fourth-order valence-electron chi connectivity index (χ4n) is 8.67. The summed E-state index contributed by atoms with van der Waals surface area (Å²) in [5, 5.41) is 10.8.